The summed E-state index contributed by atoms with van der Waals surface area (Å²) >= 11 is 0. The third-order valence-corrected chi connectivity index (χ3v) is 2.49. The zero-order valence-electron chi connectivity index (χ0n) is 10.9. The Morgan fingerprint density at radius 3 is 3.06 bits per heavy atom. The third-order valence-electron chi connectivity index (χ3n) is 2.49. The van der Waals surface area contributed by atoms with Crippen molar-refractivity contribution in [1.82, 2.24) is 5.32 Å². The fraction of sp³-hybridized carbons (Fsp3) is 0.917. The highest BCUT2D eigenvalue weighted by Gasteiger charge is 2.14. The average Bonchev–Trinajstić information content (AvgIpc) is 2.75. The predicted octanol–water partition coefficient (Wildman–Crippen LogP) is 0.885. The van der Waals surface area contributed by atoms with Crippen LogP contribution in [0.4, 0.5) is 0 Å². The minimum Gasteiger partial charge on any atom is -0.379 e. The number of rotatable bonds is 7. The summed E-state index contributed by atoms with van der Waals surface area (Å²) in [5.41, 5.74) is 5.67. The molecule has 1 heterocycles. The van der Waals surface area contributed by atoms with E-state index in [9.17, 15) is 0 Å². The van der Waals surface area contributed by atoms with Crippen LogP contribution in [0.5, 0.6) is 0 Å². The Kier molecular flexibility index (Phi) is 6.96. The molecule has 0 aromatic heterocycles. The monoisotopic (exact) mass is 243 g/mol. The lowest BCUT2D eigenvalue weighted by atomic mass is 10.2. The van der Waals surface area contributed by atoms with E-state index in [0.29, 0.717) is 31.3 Å². The summed E-state index contributed by atoms with van der Waals surface area (Å²) in [6, 6.07) is 0.328. The standard InChI is InChI=1S/C12H25N3O2/c1-10(2)15-12(13)14-6-4-7-16-9-11-5-3-8-17-11/h10-11H,3-9H2,1-2H3,(H3,13,14,15). The Hall–Kier alpha value is -0.810. The van der Waals surface area contributed by atoms with Gasteiger partial charge in [-0.2, -0.15) is 0 Å². The van der Waals surface area contributed by atoms with Gasteiger partial charge < -0.3 is 20.5 Å². The van der Waals surface area contributed by atoms with Crippen LogP contribution in [-0.4, -0.2) is 44.5 Å². The normalized spacial score (nSPS) is 21.1. The van der Waals surface area contributed by atoms with E-state index in [2.05, 4.69) is 10.3 Å². The van der Waals surface area contributed by atoms with Gasteiger partial charge in [-0.25, -0.2) is 0 Å². The van der Waals surface area contributed by atoms with E-state index in [1.165, 1.54) is 0 Å². The number of hydrogen-bond acceptors (Lipinski definition) is 3. The molecule has 1 unspecified atom stereocenters. The Balaban J connectivity index is 1.92. The zero-order chi connectivity index (χ0) is 12.5. The van der Waals surface area contributed by atoms with Gasteiger partial charge in [0.15, 0.2) is 5.96 Å². The Labute approximate surface area is 104 Å². The van der Waals surface area contributed by atoms with Gasteiger partial charge in [-0.15, -0.1) is 0 Å². The maximum atomic E-state index is 5.67. The molecule has 0 aliphatic carbocycles. The molecule has 1 saturated heterocycles. The first-order chi connectivity index (χ1) is 8.18. The van der Waals surface area contributed by atoms with Crippen molar-refractivity contribution >= 4 is 5.96 Å². The van der Waals surface area contributed by atoms with Gasteiger partial charge >= 0.3 is 0 Å². The van der Waals surface area contributed by atoms with Crippen molar-refractivity contribution in [2.24, 2.45) is 10.7 Å². The average molecular weight is 243 g/mol. The van der Waals surface area contributed by atoms with Crippen molar-refractivity contribution in [3.05, 3.63) is 0 Å². The number of nitrogens with one attached hydrogen (secondary N) is 1. The van der Waals surface area contributed by atoms with Crippen LogP contribution in [0.25, 0.3) is 0 Å². The molecule has 3 N–H and O–H groups in total. The van der Waals surface area contributed by atoms with Crippen LogP contribution in [0, 0.1) is 0 Å². The number of ether oxygens (including phenoxy) is 2. The maximum Gasteiger partial charge on any atom is 0.188 e. The highest BCUT2D eigenvalue weighted by Crippen LogP contribution is 2.11. The van der Waals surface area contributed by atoms with Crippen LogP contribution in [0.2, 0.25) is 0 Å². The van der Waals surface area contributed by atoms with Crippen LogP contribution in [0.15, 0.2) is 4.99 Å². The second kappa shape index (κ2) is 8.31. The topological polar surface area (TPSA) is 68.9 Å². The molecule has 0 saturated carbocycles. The van der Waals surface area contributed by atoms with Crippen LogP contribution >= 0.6 is 0 Å². The molecule has 1 fully saturated rings. The van der Waals surface area contributed by atoms with Gasteiger partial charge in [0.1, 0.15) is 0 Å². The summed E-state index contributed by atoms with van der Waals surface area (Å²) in [4.78, 5) is 4.21. The predicted molar refractivity (Wildman–Crippen MR) is 69.2 cm³/mol. The molecule has 1 atom stereocenters. The van der Waals surface area contributed by atoms with E-state index in [1.54, 1.807) is 0 Å². The van der Waals surface area contributed by atoms with Gasteiger partial charge in [0.05, 0.1) is 12.7 Å². The highest BCUT2D eigenvalue weighted by molar-refractivity contribution is 5.77. The molecule has 5 heteroatoms. The van der Waals surface area contributed by atoms with Crippen LogP contribution in [0.3, 0.4) is 0 Å². The second-order valence-corrected chi connectivity index (χ2v) is 4.63. The molecule has 1 aliphatic heterocycles. The lowest BCUT2D eigenvalue weighted by Crippen LogP contribution is -2.36. The quantitative estimate of drug-likeness (QED) is 0.396. The van der Waals surface area contributed by atoms with Gasteiger partial charge in [0, 0.05) is 25.8 Å². The largest absolute Gasteiger partial charge is 0.379 e. The SMILES string of the molecule is CC(C)NC(N)=NCCCOCC1CCCO1. The minimum absolute atomic E-state index is 0.311. The van der Waals surface area contributed by atoms with Crippen molar-refractivity contribution < 1.29 is 9.47 Å². The highest BCUT2D eigenvalue weighted by atomic mass is 16.5. The van der Waals surface area contributed by atoms with Crippen LogP contribution in [-0.2, 0) is 9.47 Å². The fourth-order valence-corrected chi connectivity index (χ4v) is 1.70. The van der Waals surface area contributed by atoms with Crippen molar-refractivity contribution in [2.45, 2.75) is 45.3 Å². The molecule has 17 heavy (non-hydrogen) atoms. The Morgan fingerprint density at radius 2 is 2.41 bits per heavy atom. The first-order valence-electron chi connectivity index (χ1n) is 6.44. The molecule has 0 aromatic rings. The summed E-state index contributed by atoms with van der Waals surface area (Å²) in [6.45, 7) is 7.09. The van der Waals surface area contributed by atoms with Gasteiger partial charge in [0.2, 0.25) is 0 Å². The first kappa shape index (κ1) is 14.3. The molecule has 0 aromatic carbocycles. The number of nitrogens with zero attached hydrogens (tertiary/aromatic N) is 1. The summed E-state index contributed by atoms with van der Waals surface area (Å²) < 4.78 is 11.0. The van der Waals surface area contributed by atoms with Crippen molar-refractivity contribution in [2.75, 3.05) is 26.4 Å². The molecule has 100 valence electrons. The van der Waals surface area contributed by atoms with Crippen LogP contribution < -0.4 is 11.1 Å². The third kappa shape index (κ3) is 7.18. The van der Waals surface area contributed by atoms with E-state index in [4.69, 9.17) is 15.2 Å². The second-order valence-electron chi connectivity index (χ2n) is 4.63. The summed E-state index contributed by atoms with van der Waals surface area (Å²) in [5, 5.41) is 3.05. The van der Waals surface area contributed by atoms with E-state index < -0.39 is 0 Å². The molecular formula is C12H25N3O2. The van der Waals surface area contributed by atoms with Crippen molar-refractivity contribution in [3.63, 3.8) is 0 Å². The molecule has 5 nitrogen and oxygen atoms in total. The molecule has 1 aliphatic rings. The van der Waals surface area contributed by atoms with Gasteiger partial charge in [0.25, 0.3) is 0 Å². The summed E-state index contributed by atoms with van der Waals surface area (Å²) in [6.07, 6.45) is 3.50. The van der Waals surface area contributed by atoms with Gasteiger partial charge in [-0.3, -0.25) is 4.99 Å². The van der Waals surface area contributed by atoms with Gasteiger partial charge in [-0.05, 0) is 33.1 Å². The van der Waals surface area contributed by atoms with Crippen molar-refractivity contribution in [3.8, 4) is 0 Å². The van der Waals surface area contributed by atoms with E-state index in [0.717, 1.165) is 32.5 Å². The smallest absolute Gasteiger partial charge is 0.188 e. The van der Waals surface area contributed by atoms with Crippen molar-refractivity contribution in [1.29, 1.82) is 0 Å². The van der Waals surface area contributed by atoms with Gasteiger partial charge in [-0.1, -0.05) is 0 Å². The minimum atomic E-state index is 0.311. The van der Waals surface area contributed by atoms with Crippen LogP contribution in [0.1, 0.15) is 33.1 Å². The molecule has 0 radical (unpaired) electrons. The van der Waals surface area contributed by atoms with E-state index in [-0.39, 0.29) is 0 Å². The number of aliphatic imine (C=N–C) groups is 1. The lowest BCUT2D eigenvalue weighted by molar-refractivity contribution is 0.0171. The first-order valence-corrected chi connectivity index (χ1v) is 6.44. The Morgan fingerprint density at radius 1 is 1.59 bits per heavy atom. The summed E-state index contributed by atoms with van der Waals surface area (Å²) in [5.74, 6) is 0.513. The number of nitrogens with two attached hydrogens (primary N) is 1. The van der Waals surface area contributed by atoms with E-state index >= 15 is 0 Å². The molecule has 1 rings (SSSR count). The summed E-state index contributed by atoms with van der Waals surface area (Å²) in [7, 11) is 0. The molecule has 0 bridgehead atoms. The lowest BCUT2D eigenvalue weighted by Gasteiger charge is -2.10. The fourth-order valence-electron chi connectivity index (χ4n) is 1.70. The number of hydrogen-bond donors (Lipinski definition) is 2. The zero-order valence-corrected chi connectivity index (χ0v) is 10.9. The molecule has 0 spiro atoms. The number of guanidine groups is 1. The molecule has 0 amide bonds. The maximum absolute atomic E-state index is 5.67. The van der Waals surface area contributed by atoms with E-state index in [1.807, 2.05) is 13.8 Å². The molecular weight excluding hydrogens is 218 g/mol. The Bertz CT molecular complexity index is 226.